The number of hydrogen-bond donors (Lipinski definition) is 0. The molecule has 114 heavy (non-hydrogen) atoms. The number of nitrogens with zero attached hydrogens (tertiary/aromatic N) is 7. The molecule has 0 fully saturated rings. The molecule has 0 bridgehead atoms. The average Bonchev–Trinajstić information content (AvgIpc) is 1.52. The summed E-state index contributed by atoms with van der Waals surface area (Å²) in [5, 5.41) is 7.73. The molecule has 9 heterocycles. The Morgan fingerprint density at radius 1 is 0.316 bits per heavy atom. The first-order chi connectivity index (χ1) is 59.5. The van der Waals surface area contributed by atoms with Crippen molar-refractivity contribution in [2.75, 3.05) is 9.80 Å². The van der Waals surface area contributed by atoms with Crippen molar-refractivity contribution in [3.05, 3.63) is 363 Å². The van der Waals surface area contributed by atoms with Gasteiger partial charge in [-0.25, -0.2) is 9.97 Å². The van der Waals surface area contributed by atoms with Crippen molar-refractivity contribution in [3.63, 3.8) is 0 Å². The van der Waals surface area contributed by atoms with E-state index in [9.17, 15) is 8.22 Å². The second-order valence-corrected chi connectivity index (χ2v) is 30.9. The molecule has 0 unspecified atom stereocenters. The largest absolute Gasteiger partial charge is 0.454 e. The maximum absolute atomic E-state index is 9.91. The topological polar surface area (TPSA) is 73.3 Å². The number of rotatable bonds is 9. The molecular weight excluding hydrogens is 1390 g/mol. The van der Waals surface area contributed by atoms with Crippen molar-refractivity contribution in [1.29, 1.82) is 0 Å². The molecule has 534 valence electrons. The minimum atomic E-state index is -0.534. The molecule has 0 N–H and O–H groups in total. The van der Waals surface area contributed by atoms with Crippen LogP contribution in [0.4, 0.5) is 34.1 Å². The lowest BCUT2D eigenvalue weighted by molar-refractivity contribution is 0.590. The summed E-state index contributed by atoms with van der Waals surface area (Å²) >= 11 is 0. The van der Waals surface area contributed by atoms with E-state index in [-0.39, 0.29) is 27.2 Å². The molecule has 24 rings (SSSR count). The Labute approximate surface area is 667 Å². The first kappa shape index (κ1) is 56.5. The molecule has 7 aromatic heterocycles. The lowest BCUT2D eigenvalue weighted by atomic mass is 9.33. The lowest BCUT2D eigenvalue weighted by Crippen LogP contribution is -2.61. The third-order valence-electron chi connectivity index (χ3n) is 23.6. The smallest absolute Gasteiger partial charge is 0.252 e. The van der Waals surface area contributed by atoms with Gasteiger partial charge in [0.1, 0.15) is 22.8 Å². The fourth-order valence-electron chi connectivity index (χ4n) is 18.6. The minimum Gasteiger partial charge on any atom is -0.454 e. The van der Waals surface area contributed by atoms with Gasteiger partial charge < -0.3 is 23.2 Å². The second-order valence-electron chi connectivity index (χ2n) is 30.9. The summed E-state index contributed by atoms with van der Waals surface area (Å²) in [6, 6.07) is 104. The van der Waals surface area contributed by atoms with Crippen LogP contribution in [-0.2, 0) is 5.41 Å². The first-order valence-corrected chi connectivity index (χ1v) is 38.6. The van der Waals surface area contributed by atoms with Gasteiger partial charge in [0.05, 0.1) is 72.5 Å². The Balaban J connectivity index is 0.806. The van der Waals surface area contributed by atoms with Crippen LogP contribution in [0.3, 0.4) is 0 Å². The predicted molar refractivity (Wildman–Crippen MR) is 474 cm³/mol. The SMILES string of the molecule is [2H]c1c([2H])c([2H])c2c(c1[2H])c1c([2H])c([2H])c([2H])c([2H])c1n2-c1cc(-c2ccc3c(c2)B2c4cc(-c5cccc(-n6c7ccccc7c7ccc8c9ccccc9oc8c76)n5)ccc4N(c4ccc(C(C)(C)C)cc4-c4ccccc4)c4cccc(c42)N3c2ccccc2-c2ccccc2)nc(-n2c3ccccc3c3ccc4c5ccccc5oc4c32)c1. The van der Waals surface area contributed by atoms with E-state index in [4.69, 9.17) is 21.5 Å². The van der Waals surface area contributed by atoms with Crippen LogP contribution in [0.15, 0.2) is 367 Å². The third kappa shape index (κ3) is 9.42. The summed E-state index contributed by atoms with van der Waals surface area (Å²) in [4.78, 5) is 16.6. The maximum Gasteiger partial charge on any atom is 0.252 e. The highest BCUT2D eigenvalue weighted by molar-refractivity contribution is 7.00. The van der Waals surface area contributed by atoms with Gasteiger partial charge in [-0.05, 0) is 159 Å². The fraction of sp³-hybridized carbons (Fsp3) is 0.0385. The molecule has 10 heteroatoms. The lowest BCUT2D eigenvalue weighted by Gasteiger charge is -2.45. The number of aromatic nitrogens is 5. The van der Waals surface area contributed by atoms with E-state index >= 15 is 0 Å². The van der Waals surface area contributed by atoms with Crippen molar-refractivity contribution < 1.29 is 19.8 Å². The van der Waals surface area contributed by atoms with Gasteiger partial charge in [0.2, 0.25) is 0 Å². The van der Waals surface area contributed by atoms with Gasteiger partial charge in [-0.1, -0.05) is 263 Å². The monoisotopic (exact) mass is 1470 g/mol. The summed E-state index contributed by atoms with van der Waals surface area (Å²) in [6.07, 6.45) is 0. The minimum absolute atomic E-state index is 0.0217. The maximum atomic E-state index is 9.91. The van der Waals surface area contributed by atoms with E-state index in [1.54, 1.807) is 4.57 Å². The van der Waals surface area contributed by atoms with Gasteiger partial charge in [0, 0.05) is 93.8 Å². The van der Waals surface area contributed by atoms with Crippen molar-refractivity contribution >= 4 is 167 Å². The number of para-hydroxylation sites is 7. The molecule has 0 spiro atoms. The predicted octanol–water partition coefficient (Wildman–Crippen LogP) is 25.6. The van der Waals surface area contributed by atoms with Gasteiger partial charge in [-0.2, -0.15) is 0 Å². The average molecular weight is 1470 g/mol. The second kappa shape index (κ2) is 24.4. The van der Waals surface area contributed by atoms with Crippen LogP contribution in [0.5, 0.6) is 0 Å². The van der Waals surface area contributed by atoms with Gasteiger partial charge in [0.25, 0.3) is 6.71 Å². The Morgan fingerprint density at radius 2 is 0.789 bits per heavy atom. The molecule has 0 radical (unpaired) electrons. The van der Waals surface area contributed by atoms with Gasteiger partial charge in [-0.15, -0.1) is 0 Å². The van der Waals surface area contributed by atoms with Crippen LogP contribution in [0.25, 0.3) is 171 Å². The number of pyridine rings is 2. The Hall–Kier alpha value is -14.7. The molecule has 0 atom stereocenters. The van der Waals surface area contributed by atoms with E-state index in [0.29, 0.717) is 33.9 Å². The molecule has 0 saturated carbocycles. The summed E-state index contributed by atoms with van der Waals surface area (Å²) < 4.78 is 95.8. The Kier molecular flexibility index (Phi) is 12.1. The molecule has 2 aliphatic heterocycles. The number of hydrogen-bond acceptors (Lipinski definition) is 6. The van der Waals surface area contributed by atoms with E-state index in [1.807, 2.05) is 60.7 Å². The fourth-order valence-corrected chi connectivity index (χ4v) is 18.6. The van der Waals surface area contributed by atoms with Gasteiger partial charge >= 0.3 is 0 Å². The standard InChI is InChI=1S/C104H68BN7O2/c1-104(2,3)67-50-57-90(80(60-67)64-28-8-5-9-29-64)110-92-55-48-65(83-37-24-47-97(106-83)111-88-41-20-13-33-72(88)76-51-53-78-74-35-15-22-45-95(74)113-102(78)100(76)111)58-81(92)105-82-59-66(49-56-91(82)109(93-43-25-44-94(110)99(93)105)85-38-17-10-30-69(85)63-26-6-4-7-27-63)84-61-68(108-86-39-18-11-31-70(86)71-32-12-19-40-87(71)108)62-98(107-84)112-89-42-21-14-34-73(89)77-52-54-79-75-36-16-23-46-96(75)114-103(79)101(77)112/h4-62H,1-3H3/i11D,12D,18D,19D,31D,32D,39D,40D. The van der Waals surface area contributed by atoms with E-state index in [0.717, 1.165) is 166 Å². The number of furan rings is 2. The number of benzene rings is 15. The normalized spacial score (nSPS) is 13.8. The first-order valence-electron chi connectivity index (χ1n) is 42.6. The van der Waals surface area contributed by atoms with E-state index in [1.165, 1.54) is 5.56 Å². The Morgan fingerprint density at radius 3 is 1.39 bits per heavy atom. The molecule has 9 nitrogen and oxygen atoms in total. The van der Waals surface area contributed by atoms with Crippen molar-refractivity contribution in [3.8, 4) is 62.1 Å². The highest BCUT2D eigenvalue weighted by Gasteiger charge is 2.45. The van der Waals surface area contributed by atoms with Crippen molar-refractivity contribution in [2.24, 2.45) is 0 Å². The van der Waals surface area contributed by atoms with Crippen LogP contribution in [0.2, 0.25) is 0 Å². The van der Waals surface area contributed by atoms with Gasteiger partial charge in [-0.3, -0.25) is 9.13 Å². The number of anilines is 6. The number of fused-ring (bicyclic) bond motifs is 21. The van der Waals surface area contributed by atoms with Crippen molar-refractivity contribution in [1.82, 2.24) is 23.7 Å². The summed E-state index contributed by atoms with van der Waals surface area (Å²) in [5.74, 6) is 1.11. The molecule has 0 amide bonds. The van der Waals surface area contributed by atoms with E-state index < -0.39 is 55.1 Å². The molecule has 0 saturated heterocycles. The van der Waals surface area contributed by atoms with Crippen LogP contribution in [0.1, 0.15) is 37.3 Å². The van der Waals surface area contributed by atoms with Crippen LogP contribution >= 0.6 is 0 Å². The molecule has 2 aliphatic rings. The zero-order chi connectivity index (χ0) is 82.1. The highest BCUT2D eigenvalue weighted by atomic mass is 16.3. The zero-order valence-electron chi connectivity index (χ0n) is 70.0. The van der Waals surface area contributed by atoms with Crippen LogP contribution in [0, 0.1) is 0 Å². The van der Waals surface area contributed by atoms with Crippen LogP contribution < -0.4 is 26.2 Å². The zero-order valence-corrected chi connectivity index (χ0v) is 62.0. The quantitative estimate of drug-likeness (QED) is 0.134. The molecular formula is C104H68BN7O2. The summed E-state index contributed by atoms with van der Waals surface area (Å²) in [6.45, 7) is 6.26. The molecule has 15 aromatic carbocycles. The van der Waals surface area contributed by atoms with Crippen molar-refractivity contribution in [2.45, 2.75) is 26.2 Å². The van der Waals surface area contributed by atoms with Crippen LogP contribution in [-0.4, -0.2) is 30.4 Å². The summed E-state index contributed by atoms with van der Waals surface area (Å²) in [7, 11) is 0. The van der Waals surface area contributed by atoms with E-state index in [2.05, 4.69) is 288 Å². The van der Waals surface area contributed by atoms with Gasteiger partial charge in [0.15, 0.2) is 11.2 Å². The molecule has 22 aromatic rings. The highest BCUT2D eigenvalue weighted by Crippen LogP contribution is 2.51. The molecule has 0 aliphatic carbocycles. The third-order valence-corrected chi connectivity index (χ3v) is 23.6. The summed E-state index contributed by atoms with van der Waals surface area (Å²) in [5.41, 5.74) is 23.3. The Bertz CT molecular complexity index is 8270.